The van der Waals surface area contributed by atoms with Gasteiger partial charge in [0.1, 0.15) is 11.4 Å². The molecule has 3 heterocycles. The average molecular weight is 546 g/mol. The number of nitrogens with one attached hydrogen (secondary N) is 2. The fraction of sp³-hybridized carbons (Fsp3) is 0.500. The lowest BCUT2D eigenvalue weighted by Crippen LogP contribution is -2.61. The zero-order valence-electron chi connectivity index (χ0n) is 24.4. The van der Waals surface area contributed by atoms with Crippen molar-refractivity contribution in [3.8, 4) is 0 Å². The average Bonchev–Trinajstić information content (AvgIpc) is 2.92. The SMILES string of the molecule is COC1=CC(NC2=NC(Cc3ccccc3)C3CN(C(=O)OC(C)(C)C)CCC3N2)=CCC1N1C=CCC(C)=C1. The maximum Gasteiger partial charge on any atom is 0.410 e. The van der Waals surface area contributed by atoms with Crippen LogP contribution >= 0.6 is 0 Å². The number of likely N-dealkylation sites (tertiary alicyclic amines) is 1. The van der Waals surface area contributed by atoms with E-state index >= 15 is 0 Å². The van der Waals surface area contributed by atoms with E-state index in [2.05, 4.69) is 77.4 Å². The van der Waals surface area contributed by atoms with Gasteiger partial charge in [0.05, 0.1) is 19.2 Å². The number of nitrogens with zero attached hydrogens (tertiary/aromatic N) is 3. The van der Waals surface area contributed by atoms with Crippen LogP contribution in [-0.4, -0.2) is 65.8 Å². The van der Waals surface area contributed by atoms with E-state index in [-0.39, 0.29) is 30.1 Å². The molecule has 1 amide bonds. The normalized spacial score (nSPS) is 26.4. The lowest BCUT2D eigenvalue weighted by Gasteiger charge is -2.44. The zero-order valence-corrected chi connectivity index (χ0v) is 24.4. The number of benzene rings is 1. The third-order valence-corrected chi connectivity index (χ3v) is 7.84. The van der Waals surface area contributed by atoms with Crippen LogP contribution in [0.25, 0.3) is 0 Å². The van der Waals surface area contributed by atoms with E-state index in [9.17, 15) is 4.79 Å². The van der Waals surface area contributed by atoms with Crippen molar-refractivity contribution in [3.63, 3.8) is 0 Å². The Labute approximate surface area is 238 Å². The summed E-state index contributed by atoms with van der Waals surface area (Å²) in [5.41, 5.74) is 3.04. The van der Waals surface area contributed by atoms with Gasteiger partial charge in [0.15, 0.2) is 5.96 Å². The number of allylic oxidation sites excluding steroid dienone is 3. The van der Waals surface area contributed by atoms with Gasteiger partial charge in [0.25, 0.3) is 0 Å². The monoisotopic (exact) mass is 545 g/mol. The molecule has 40 heavy (non-hydrogen) atoms. The molecule has 5 rings (SSSR count). The van der Waals surface area contributed by atoms with Crippen molar-refractivity contribution in [2.75, 3.05) is 20.2 Å². The van der Waals surface area contributed by atoms with E-state index in [1.807, 2.05) is 31.7 Å². The molecule has 1 aromatic rings. The molecule has 4 aliphatic rings. The summed E-state index contributed by atoms with van der Waals surface area (Å²) in [7, 11) is 1.74. The minimum atomic E-state index is -0.516. The van der Waals surface area contributed by atoms with Crippen LogP contribution < -0.4 is 10.6 Å². The van der Waals surface area contributed by atoms with Crippen LogP contribution in [0.1, 0.15) is 52.5 Å². The number of carbonyl (C=O) groups is 1. The number of methoxy groups -OCH3 is 1. The first-order chi connectivity index (χ1) is 19.2. The predicted octanol–water partition coefficient (Wildman–Crippen LogP) is 5.08. The first kappa shape index (κ1) is 27.9. The van der Waals surface area contributed by atoms with Crippen LogP contribution in [0.4, 0.5) is 4.79 Å². The van der Waals surface area contributed by atoms with Gasteiger partial charge in [-0.2, -0.15) is 0 Å². The lowest BCUT2D eigenvalue weighted by atomic mass is 9.82. The van der Waals surface area contributed by atoms with Crippen molar-refractivity contribution in [3.05, 3.63) is 83.6 Å². The summed E-state index contributed by atoms with van der Waals surface area (Å²) < 4.78 is 11.5. The Balaban J connectivity index is 1.33. The molecule has 1 fully saturated rings. The number of hydrogen-bond donors (Lipinski definition) is 2. The van der Waals surface area contributed by atoms with Gasteiger partial charge in [-0.3, -0.25) is 0 Å². The number of ether oxygens (including phenoxy) is 2. The molecule has 0 aromatic heterocycles. The summed E-state index contributed by atoms with van der Waals surface area (Å²) in [4.78, 5) is 22.1. The highest BCUT2D eigenvalue weighted by Gasteiger charge is 2.41. The van der Waals surface area contributed by atoms with Crippen LogP contribution in [0, 0.1) is 5.92 Å². The summed E-state index contributed by atoms with van der Waals surface area (Å²) >= 11 is 0. The summed E-state index contributed by atoms with van der Waals surface area (Å²) in [5.74, 6) is 1.88. The molecule has 0 bridgehead atoms. The molecule has 0 saturated carbocycles. The summed E-state index contributed by atoms with van der Waals surface area (Å²) in [6.45, 7) is 9.16. The number of amides is 1. The van der Waals surface area contributed by atoms with Crippen molar-refractivity contribution in [1.29, 1.82) is 0 Å². The van der Waals surface area contributed by atoms with Crippen LogP contribution in [0.3, 0.4) is 0 Å². The van der Waals surface area contributed by atoms with Gasteiger partial charge in [0.2, 0.25) is 0 Å². The maximum absolute atomic E-state index is 12.9. The van der Waals surface area contributed by atoms with Crippen molar-refractivity contribution < 1.29 is 14.3 Å². The van der Waals surface area contributed by atoms with E-state index < -0.39 is 5.60 Å². The molecule has 8 nitrogen and oxygen atoms in total. The Hall–Kier alpha value is -3.68. The fourth-order valence-electron chi connectivity index (χ4n) is 5.89. The molecule has 4 atom stereocenters. The van der Waals surface area contributed by atoms with Crippen molar-refractivity contribution in [2.45, 2.75) is 77.1 Å². The van der Waals surface area contributed by atoms with Gasteiger partial charge in [-0.05, 0) is 58.9 Å². The Morgan fingerprint density at radius 3 is 2.75 bits per heavy atom. The number of rotatable bonds is 5. The summed E-state index contributed by atoms with van der Waals surface area (Å²) in [5, 5.41) is 7.21. The Kier molecular flexibility index (Phi) is 8.24. The molecule has 1 aliphatic carbocycles. The second kappa shape index (κ2) is 11.8. The molecule has 4 unspecified atom stereocenters. The molecular weight excluding hydrogens is 502 g/mol. The molecule has 0 spiro atoms. The largest absolute Gasteiger partial charge is 0.499 e. The van der Waals surface area contributed by atoms with Gasteiger partial charge in [-0.25, -0.2) is 9.79 Å². The number of aliphatic imine (C=N–C) groups is 1. The highest BCUT2D eigenvalue weighted by atomic mass is 16.6. The smallest absolute Gasteiger partial charge is 0.410 e. The highest BCUT2D eigenvalue weighted by Crippen LogP contribution is 2.30. The van der Waals surface area contributed by atoms with E-state index in [1.54, 1.807) is 7.11 Å². The number of fused-ring (bicyclic) bond motifs is 1. The molecule has 1 aromatic carbocycles. The maximum atomic E-state index is 12.9. The first-order valence-corrected chi connectivity index (χ1v) is 14.4. The molecule has 1 saturated heterocycles. The zero-order chi connectivity index (χ0) is 28.3. The predicted molar refractivity (Wildman–Crippen MR) is 158 cm³/mol. The minimum Gasteiger partial charge on any atom is -0.499 e. The third kappa shape index (κ3) is 6.72. The van der Waals surface area contributed by atoms with E-state index in [0.29, 0.717) is 13.1 Å². The molecule has 0 radical (unpaired) electrons. The number of carbonyl (C=O) groups excluding carboxylic acids is 1. The van der Waals surface area contributed by atoms with Gasteiger partial charge < -0.3 is 29.9 Å². The van der Waals surface area contributed by atoms with E-state index in [4.69, 9.17) is 14.5 Å². The molecular formula is C32H43N5O3. The van der Waals surface area contributed by atoms with Gasteiger partial charge in [0, 0.05) is 49.2 Å². The third-order valence-electron chi connectivity index (χ3n) is 7.84. The van der Waals surface area contributed by atoms with Gasteiger partial charge in [-0.15, -0.1) is 0 Å². The van der Waals surface area contributed by atoms with E-state index in [0.717, 1.165) is 43.1 Å². The number of guanidine groups is 1. The second-order valence-electron chi connectivity index (χ2n) is 12.2. The molecule has 2 N–H and O–H groups in total. The second-order valence-corrected chi connectivity index (χ2v) is 12.2. The molecule has 8 heteroatoms. The van der Waals surface area contributed by atoms with Crippen LogP contribution in [0.2, 0.25) is 0 Å². The Morgan fingerprint density at radius 2 is 2.02 bits per heavy atom. The number of piperidine rings is 1. The Bertz CT molecular complexity index is 1230. The van der Waals surface area contributed by atoms with Crippen LogP contribution in [0.5, 0.6) is 0 Å². The lowest BCUT2D eigenvalue weighted by molar-refractivity contribution is 0.0116. The quantitative estimate of drug-likeness (QED) is 0.537. The number of hydrogen-bond acceptors (Lipinski definition) is 7. The van der Waals surface area contributed by atoms with Crippen LogP contribution in [0.15, 0.2) is 83.0 Å². The van der Waals surface area contributed by atoms with Gasteiger partial charge in [-0.1, -0.05) is 48.1 Å². The first-order valence-electron chi connectivity index (χ1n) is 14.4. The molecule has 3 aliphatic heterocycles. The fourth-order valence-corrected chi connectivity index (χ4v) is 5.89. The standard InChI is InChI=1S/C32H43N5O3/c1-22-10-9-16-36(20-22)28-14-13-24(19-29(28)39-5)33-30-34-26-15-17-37(31(38)40-32(2,3)4)21-25(26)27(35-30)18-23-11-7-6-8-12-23/h6-9,11-13,16,19-20,25-28H,10,14-15,17-18,21H2,1-5H3,(H2,33,34,35). The topological polar surface area (TPSA) is 78.4 Å². The van der Waals surface area contributed by atoms with Crippen molar-refractivity contribution in [2.24, 2.45) is 10.9 Å². The highest BCUT2D eigenvalue weighted by molar-refractivity contribution is 5.83. The van der Waals surface area contributed by atoms with Crippen molar-refractivity contribution >= 4 is 12.1 Å². The summed E-state index contributed by atoms with van der Waals surface area (Å²) in [6.07, 6.45) is 14.0. The van der Waals surface area contributed by atoms with Gasteiger partial charge >= 0.3 is 6.09 Å². The van der Waals surface area contributed by atoms with E-state index in [1.165, 1.54) is 11.1 Å². The van der Waals surface area contributed by atoms with Crippen molar-refractivity contribution in [1.82, 2.24) is 20.4 Å². The summed E-state index contributed by atoms with van der Waals surface area (Å²) in [6, 6.07) is 10.8. The molecule has 214 valence electrons. The minimum absolute atomic E-state index is 0.0239. The van der Waals surface area contributed by atoms with Crippen LogP contribution in [-0.2, 0) is 15.9 Å². The Morgan fingerprint density at radius 1 is 1.23 bits per heavy atom.